The van der Waals surface area contributed by atoms with E-state index in [1.165, 1.54) is 0 Å². The summed E-state index contributed by atoms with van der Waals surface area (Å²) in [6.45, 7) is 2.29. The van der Waals surface area contributed by atoms with Gasteiger partial charge < -0.3 is 5.32 Å². The zero-order chi connectivity index (χ0) is 20.4. The first-order valence-corrected chi connectivity index (χ1v) is 11.8. The van der Waals surface area contributed by atoms with Crippen molar-refractivity contribution in [3.63, 3.8) is 0 Å². The SMILES string of the molecule is CSc1ccc2c(c1)N(C(=O)CN[C@@H](C)c1ccc(Cl)cc1)c1ccccc1S2. The third-order valence-corrected chi connectivity index (χ3v) is 7.02. The fourth-order valence-electron chi connectivity index (χ4n) is 3.32. The van der Waals surface area contributed by atoms with Crippen LogP contribution >= 0.6 is 35.1 Å². The maximum absolute atomic E-state index is 13.3. The van der Waals surface area contributed by atoms with Gasteiger partial charge in [0.25, 0.3) is 0 Å². The maximum Gasteiger partial charge on any atom is 0.245 e. The molecular formula is C23H21ClN2OS2. The van der Waals surface area contributed by atoms with Gasteiger partial charge in [0.2, 0.25) is 5.91 Å². The van der Waals surface area contributed by atoms with Crippen LogP contribution in [0.15, 0.2) is 81.4 Å². The molecule has 0 spiro atoms. The summed E-state index contributed by atoms with van der Waals surface area (Å²) >= 11 is 9.37. The van der Waals surface area contributed by atoms with Gasteiger partial charge in [-0.25, -0.2) is 0 Å². The average Bonchev–Trinajstić information content (AvgIpc) is 2.75. The monoisotopic (exact) mass is 440 g/mol. The zero-order valence-corrected chi connectivity index (χ0v) is 18.6. The second-order valence-electron chi connectivity index (χ2n) is 6.79. The van der Waals surface area contributed by atoms with E-state index in [-0.39, 0.29) is 18.5 Å². The Labute approximate surface area is 184 Å². The quantitative estimate of drug-likeness (QED) is 0.456. The Kier molecular flexibility index (Phi) is 6.20. The van der Waals surface area contributed by atoms with Gasteiger partial charge in [0.15, 0.2) is 0 Å². The summed E-state index contributed by atoms with van der Waals surface area (Å²) in [5.41, 5.74) is 2.99. The number of hydrogen-bond acceptors (Lipinski definition) is 4. The van der Waals surface area contributed by atoms with Crippen LogP contribution in [0.4, 0.5) is 11.4 Å². The van der Waals surface area contributed by atoms with Crippen molar-refractivity contribution in [2.45, 2.75) is 27.7 Å². The van der Waals surface area contributed by atoms with E-state index >= 15 is 0 Å². The molecule has 0 radical (unpaired) electrons. The van der Waals surface area contributed by atoms with E-state index < -0.39 is 0 Å². The van der Waals surface area contributed by atoms with E-state index in [1.54, 1.807) is 23.5 Å². The van der Waals surface area contributed by atoms with Gasteiger partial charge in [0, 0.05) is 25.8 Å². The van der Waals surface area contributed by atoms with Gasteiger partial charge in [-0.1, -0.05) is 47.6 Å². The van der Waals surface area contributed by atoms with Crippen LogP contribution in [-0.4, -0.2) is 18.7 Å². The van der Waals surface area contributed by atoms with Crippen LogP contribution in [0.1, 0.15) is 18.5 Å². The highest BCUT2D eigenvalue weighted by Crippen LogP contribution is 2.48. The molecule has 1 amide bonds. The molecule has 148 valence electrons. The van der Waals surface area contributed by atoms with E-state index in [9.17, 15) is 4.79 Å². The molecule has 0 aliphatic carbocycles. The van der Waals surface area contributed by atoms with Crippen molar-refractivity contribution >= 4 is 52.4 Å². The van der Waals surface area contributed by atoms with Crippen molar-refractivity contribution in [2.24, 2.45) is 0 Å². The fraction of sp³-hybridized carbons (Fsp3) is 0.174. The Balaban J connectivity index is 1.59. The molecule has 3 aromatic rings. The minimum atomic E-state index is 0.0260. The Morgan fingerprint density at radius 3 is 2.55 bits per heavy atom. The number of carbonyl (C=O) groups is 1. The topological polar surface area (TPSA) is 32.3 Å². The third kappa shape index (κ3) is 4.33. The normalized spacial score (nSPS) is 13.6. The lowest BCUT2D eigenvalue weighted by Gasteiger charge is -2.32. The summed E-state index contributed by atoms with van der Waals surface area (Å²) < 4.78 is 0. The van der Waals surface area contributed by atoms with E-state index in [4.69, 9.17) is 11.6 Å². The molecule has 1 atom stereocenters. The molecular weight excluding hydrogens is 420 g/mol. The van der Waals surface area contributed by atoms with Gasteiger partial charge in [-0.15, -0.1) is 11.8 Å². The molecule has 0 saturated carbocycles. The number of nitrogens with one attached hydrogen (secondary N) is 1. The summed E-state index contributed by atoms with van der Waals surface area (Å²) in [6.07, 6.45) is 2.05. The zero-order valence-electron chi connectivity index (χ0n) is 16.2. The highest BCUT2D eigenvalue weighted by Gasteiger charge is 2.28. The number of thioether (sulfide) groups is 1. The minimum Gasteiger partial charge on any atom is -0.302 e. The summed E-state index contributed by atoms with van der Waals surface area (Å²) in [7, 11) is 0. The summed E-state index contributed by atoms with van der Waals surface area (Å²) in [5, 5.41) is 4.07. The molecule has 0 unspecified atom stereocenters. The van der Waals surface area contributed by atoms with E-state index in [2.05, 4.69) is 36.5 Å². The maximum atomic E-state index is 13.3. The number of rotatable bonds is 5. The average molecular weight is 441 g/mol. The highest BCUT2D eigenvalue weighted by molar-refractivity contribution is 8.00. The van der Waals surface area contributed by atoms with Crippen LogP contribution in [0.25, 0.3) is 0 Å². The van der Waals surface area contributed by atoms with Crippen molar-refractivity contribution < 1.29 is 4.79 Å². The van der Waals surface area contributed by atoms with Gasteiger partial charge in [-0.3, -0.25) is 9.69 Å². The van der Waals surface area contributed by atoms with Gasteiger partial charge in [-0.2, -0.15) is 0 Å². The van der Waals surface area contributed by atoms with Crippen LogP contribution < -0.4 is 10.2 Å². The van der Waals surface area contributed by atoms with Crippen molar-refractivity contribution in [1.82, 2.24) is 5.32 Å². The molecule has 1 heterocycles. The van der Waals surface area contributed by atoms with E-state index in [0.29, 0.717) is 5.02 Å². The first-order valence-electron chi connectivity index (χ1n) is 9.33. The van der Waals surface area contributed by atoms with Crippen molar-refractivity contribution in [3.05, 3.63) is 77.3 Å². The molecule has 3 aromatic carbocycles. The Bertz CT molecular complexity index is 1040. The van der Waals surface area contributed by atoms with Crippen LogP contribution in [0, 0.1) is 0 Å². The van der Waals surface area contributed by atoms with Crippen molar-refractivity contribution in [2.75, 3.05) is 17.7 Å². The number of anilines is 2. The number of halogens is 1. The Morgan fingerprint density at radius 2 is 1.79 bits per heavy atom. The molecule has 0 saturated heterocycles. The number of fused-ring (bicyclic) bond motifs is 2. The smallest absolute Gasteiger partial charge is 0.245 e. The molecule has 1 aliphatic rings. The summed E-state index contributed by atoms with van der Waals surface area (Å²) in [5.74, 6) is 0.0260. The van der Waals surface area contributed by atoms with Crippen LogP contribution in [0.2, 0.25) is 5.02 Å². The van der Waals surface area contributed by atoms with Gasteiger partial charge >= 0.3 is 0 Å². The minimum absolute atomic E-state index is 0.0260. The molecule has 29 heavy (non-hydrogen) atoms. The summed E-state index contributed by atoms with van der Waals surface area (Å²) in [4.78, 5) is 18.5. The third-order valence-electron chi connectivity index (χ3n) is 4.91. The molecule has 0 aromatic heterocycles. The van der Waals surface area contributed by atoms with E-state index in [0.717, 1.165) is 31.6 Å². The van der Waals surface area contributed by atoms with Gasteiger partial charge in [0.05, 0.1) is 17.9 Å². The highest BCUT2D eigenvalue weighted by atomic mass is 35.5. The standard InChI is InChI=1S/C23H21ClN2OS2/c1-15(16-7-9-17(24)10-8-16)25-14-23(27)26-19-5-3-4-6-21(19)29-22-12-11-18(28-2)13-20(22)26/h3-13,15,25H,14H2,1-2H3/t15-/m0/s1. The lowest BCUT2D eigenvalue weighted by Crippen LogP contribution is -2.37. The van der Waals surface area contributed by atoms with Crippen LogP contribution in [0.3, 0.4) is 0 Å². The molecule has 0 bridgehead atoms. The largest absolute Gasteiger partial charge is 0.302 e. The Hall–Kier alpha value is -1.92. The second-order valence-corrected chi connectivity index (χ2v) is 9.19. The predicted octanol–water partition coefficient (Wildman–Crippen LogP) is 6.54. The van der Waals surface area contributed by atoms with Gasteiger partial charge in [-0.05, 0) is 61.2 Å². The number of benzene rings is 3. The second kappa shape index (κ2) is 8.84. The number of carbonyl (C=O) groups excluding carboxylic acids is 1. The molecule has 3 nitrogen and oxygen atoms in total. The first-order chi connectivity index (χ1) is 14.1. The lowest BCUT2D eigenvalue weighted by atomic mass is 10.1. The lowest BCUT2D eigenvalue weighted by molar-refractivity contribution is -0.117. The van der Waals surface area contributed by atoms with E-state index in [1.807, 2.05) is 53.6 Å². The summed E-state index contributed by atoms with van der Waals surface area (Å²) in [6, 6.07) is 22.1. The predicted molar refractivity (Wildman–Crippen MR) is 124 cm³/mol. The molecule has 1 aliphatic heterocycles. The molecule has 0 fully saturated rings. The number of hydrogen-bond donors (Lipinski definition) is 1. The van der Waals surface area contributed by atoms with Crippen LogP contribution in [-0.2, 0) is 4.79 Å². The van der Waals surface area contributed by atoms with Crippen molar-refractivity contribution in [1.29, 1.82) is 0 Å². The first kappa shape index (κ1) is 20.4. The number of amides is 1. The number of para-hydroxylation sites is 1. The molecule has 6 heteroatoms. The van der Waals surface area contributed by atoms with Gasteiger partial charge in [0.1, 0.15) is 0 Å². The molecule has 4 rings (SSSR count). The van der Waals surface area contributed by atoms with Crippen LogP contribution in [0.5, 0.6) is 0 Å². The molecule has 1 N–H and O–H groups in total. The fourth-order valence-corrected chi connectivity index (χ4v) is 4.92. The Morgan fingerprint density at radius 1 is 1.07 bits per heavy atom. The number of nitrogens with zero attached hydrogens (tertiary/aromatic N) is 1. The van der Waals surface area contributed by atoms with Crippen molar-refractivity contribution in [3.8, 4) is 0 Å².